The average Bonchev–Trinajstić information content (AvgIpc) is 3.06. The van der Waals surface area contributed by atoms with Gasteiger partial charge >= 0.3 is 5.97 Å². The molecular weight excluding hydrogens is 451 g/mol. The van der Waals surface area contributed by atoms with Crippen LogP contribution in [0.5, 0.6) is 0 Å². The van der Waals surface area contributed by atoms with E-state index in [2.05, 4.69) is 5.10 Å². The molecule has 2 atom stereocenters. The van der Waals surface area contributed by atoms with Crippen LogP contribution in [0.3, 0.4) is 0 Å². The number of aromatic nitrogens is 2. The fourth-order valence-electron chi connectivity index (χ4n) is 3.44. The number of nitrogens with zero attached hydrogens (tertiary/aromatic N) is 3. The van der Waals surface area contributed by atoms with Crippen molar-refractivity contribution in [1.29, 1.82) is 0 Å². The summed E-state index contributed by atoms with van der Waals surface area (Å²) in [6, 6.07) is 4.67. The number of carbonyl (C=O) groups is 2. The maximum absolute atomic E-state index is 13.1. The molecule has 2 heterocycles. The predicted molar refractivity (Wildman–Crippen MR) is 119 cm³/mol. The van der Waals surface area contributed by atoms with E-state index in [1.165, 1.54) is 0 Å². The molecule has 1 aromatic carbocycles. The summed E-state index contributed by atoms with van der Waals surface area (Å²) in [6.07, 6.45) is 0. The maximum Gasteiger partial charge on any atom is 0.341 e. The summed E-state index contributed by atoms with van der Waals surface area (Å²) in [5.74, 6) is -0.741. The summed E-state index contributed by atoms with van der Waals surface area (Å²) in [5, 5.41) is 5.33. The van der Waals surface area contributed by atoms with Gasteiger partial charge < -0.3 is 15.4 Å². The van der Waals surface area contributed by atoms with Crippen molar-refractivity contribution in [3.63, 3.8) is 0 Å². The molecule has 1 aliphatic rings. The van der Waals surface area contributed by atoms with E-state index < -0.39 is 5.97 Å². The highest BCUT2D eigenvalue weighted by atomic mass is 35.5. The first-order valence-electron chi connectivity index (χ1n) is 9.51. The smallest absolute Gasteiger partial charge is 0.341 e. The lowest BCUT2D eigenvalue weighted by molar-refractivity contribution is 0.0506. The van der Waals surface area contributed by atoms with Crippen molar-refractivity contribution in [2.75, 3.05) is 13.2 Å². The number of esters is 1. The first kappa shape index (κ1) is 24.5. The molecule has 2 N–H and O–H groups in total. The summed E-state index contributed by atoms with van der Waals surface area (Å²) < 4.78 is 7.04. The Morgan fingerprint density at radius 3 is 2.63 bits per heavy atom. The van der Waals surface area contributed by atoms with Crippen LogP contribution in [0.25, 0.3) is 0 Å². The highest BCUT2D eigenvalue weighted by molar-refractivity contribution is 6.42. The fourth-order valence-corrected chi connectivity index (χ4v) is 3.74. The van der Waals surface area contributed by atoms with Gasteiger partial charge in [-0.2, -0.15) is 5.10 Å². The topological polar surface area (TPSA) is 90.5 Å². The van der Waals surface area contributed by atoms with E-state index >= 15 is 0 Å². The average molecular weight is 476 g/mol. The Labute approximate surface area is 191 Å². The second-order valence-corrected chi connectivity index (χ2v) is 7.97. The molecule has 1 aromatic heterocycles. The van der Waals surface area contributed by atoms with Crippen LogP contribution in [0.2, 0.25) is 10.0 Å². The lowest BCUT2D eigenvalue weighted by Crippen LogP contribution is -2.45. The van der Waals surface area contributed by atoms with Gasteiger partial charge in [0.1, 0.15) is 5.56 Å². The van der Waals surface area contributed by atoms with Crippen molar-refractivity contribution in [2.45, 2.75) is 45.8 Å². The van der Waals surface area contributed by atoms with Crippen molar-refractivity contribution >= 4 is 47.5 Å². The minimum Gasteiger partial charge on any atom is -0.462 e. The Hall–Kier alpha value is -1.80. The van der Waals surface area contributed by atoms with E-state index in [-0.39, 0.29) is 43.4 Å². The largest absolute Gasteiger partial charge is 0.462 e. The molecular formula is C20H25Cl3N4O3. The number of hydrogen-bond acceptors (Lipinski definition) is 5. The van der Waals surface area contributed by atoms with Gasteiger partial charge in [0.05, 0.1) is 41.1 Å². The van der Waals surface area contributed by atoms with Crippen LogP contribution < -0.4 is 5.73 Å². The second kappa shape index (κ2) is 10.0. The number of fused-ring (bicyclic) bond motifs is 1. The van der Waals surface area contributed by atoms with Crippen molar-refractivity contribution in [1.82, 2.24) is 14.7 Å². The molecule has 1 amide bonds. The highest BCUT2D eigenvalue weighted by Gasteiger charge is 2.35. The molecule has 10 heteroatoms. The number of amides is 1. The number of hydrogen-bond donors (Lipinski definition) is 1. The number of nitrogens with two attached hydrogens (primary N) is 1. The minimum atomic E-state index is -0.444. The van der Waals surface area contributed by atoms with Gasteiger partial charge in [-0.1, -0.05) is 30.1 Å². The zero-order valence-corrected chi connectivity index (χ0v) is 19.4. The van der Waals surface area contributed by atoms with Crippen molar-refractivity contribution < 1.29 is 14.3 Å². The first-order chi connectivity index (χ1) is 13.8. The van der Waals surface area contributed by atoms with Crippen LogP contribution >= 0.6 is 35.6 Å². The number of carbonyl (C=O) groups excluding carboxylic acids is 2. The predicted octanol–water partition coefficient (Wildman–Crippen LogP) is 3.90. The summed E-state index contributed by atoms with van der Waals surface area (Å²) in [6.45, 7) is 6.91. The van der Waals surface area contributed by atoms with Crippen LogP contribution in [0.4, 0.5) is 0 Å². The van der Waals surface area contributed by atoms with Gasteiger partial charge in [-0.3, -0.25) is 9.48 Å². The Kier molecular flexibility index (Phi) is 8.16. The van der Waals surface area contributed by atoms with Crippen LogP contribution in [-0.4, -0.2) is 45.8 Å². The lowest BCUT2D eigenvalue weighted by Gasteiger charge is -2.34. The monoisotopic (exact) mass is 474 g/mol. The SMILES string of the molecule is CCOC(=O)c1c([C@H](C)CN)nn2c1CN(C(=O)c1ccc(Cl)c(Cl)c1)[C@H](C)C2.Cl. The van der Waals surface area contributed by atoms with Gasteiger partial charge in [0.2, 0.25) is 0 Å². The molecule has 7 nitrogen and oxygen atoms in total. The quantitative estimate of drug-likeness (QED) is 0.662. The van der Waals surface area contributed by atoms with Crippen molar-refractivity contribution in [2.24, 2.45) is 5.73 Å². The van der Waals surface area contributed by atoms with E-state index in [0.717, 1.165) is 0 Å². The van der Waals surface area contributed by atoms with E-state index in [9.17, 15) is 9.59 Å². The van der Waals surface area contributed by atoms with Crippen LogP contribution in [0.1, 0.15) is 58.8 Å². The van der Waals surface area contributed by atoms with Crippen LogP contribution in [0.15, 0.2) is 18.2 Å². The van der Waals surface area contributed by atoms with Crippen LogP contribution in [0, 0.1) is 0 Å². The van der Waals surface area contributed by atoms with E-state index in [0.29, 0.717) is 45.6 Å². The fraction of sp³-hybridized carbons (Fsp3) is 0.450. The minimum absolute atomic E-state index is 0. The number of rotatable bonds is 5. The third-order valence-electron chi connectivity index (χ3n) is 5.10. The Balaban J connectivity index is 0.00000320. The lowest BCUT2D eigenvalue weighted by atomic mass is 10.0. The van der Waals surface area contributed by atoms with E-state index in [4.69, 9.17) is 33.7 Å². The molecule has 2 aromatic rings. The van der Waals surface area contributed by atoms with E-state index in [1.54, 1.807) is 34.7 Å². The second-order valence-electron chi connectivity index (χ2n) is 7.16. The van der Waals surface area contributed by atoms with Gasteiger partial charge in [-0.05, 0) is 32.0 Å². The van der Waals surface area contributed by atoms with Crippen molar-refractivity contribution in [3.05, 3.63) is 50.8 Å². The molecule has 0 radical (unpaired) electrons. The standard InChI is InChI=1S/C20H24Cl2N4O3.ClH/c1-4-29-20(28)17-16-10-25(19(27)13-5-6-14(21)15(22)7-13)12(3)9-26(16)24-18(17)11(2)8-23;/h5-7,11-12H,4,8-10,23H2,1-3H3;1H/t11-,12-;/m1./s1. The zero-order chi connectivity index (χ0) is 21.3. The molecule has 0 aliphatic carbocycles. The van der Waals surface area contributed by atoms with Gasteiger partial charge in [-0.25, -0.2) is 4.79 Å². The Morgan fingerprint density at radius 1 is 1.33 bits per heavy atom. The summed E-state index contributed by atoms with van der Waals surface area (Å²) >= 11 is 12.0. The number of halogens is 3. The van der Waals surface area contributed by atoms with Gasteiger partial charge in [0, 0.05) is 24.1 Å². The third kappa shape index (κ3) is 4.59. The molecule has 30 heavy (non-hydrogen) atoms. The Bertz CT molecular complexity index is 948. The molecule has 0 fully saturated rings. The molecule has 0 saturated heterocycles. The van der Waals surface area contributed by atoms with Gasteiger partial charge in [0.25, 0.3) is 5.91 Å². The normalized spacial score (nSPS) is 16.5. The number of ether oxygens (including phenoxy) is 1. The molecule has 0 saturated carbocycles. The highest BCUT2D eigenvalue weighted by Crippen LogP contribution is 2.30. The molecule has 0 unspecified atom stereocenters. The Morgan fingerprint density at radius 2 is 2.03 bits per heavy atom. The molecule has 1 aliphatic heterocycles. The van der Waals surface area contributed by atoms with Crippen LogP contribution in [-0.2, 0) is 17.8 Å². The summed E-state index contributed by atoms with van der Waals surface area (Å²) in [5.41, 5.74) is 7.93. The summed E-state index contributed by atoms with van der Waals surface area (Å²) in [4.78, 5) is 27.5. The first-order valence-corrected chi connectivity index (χ1v) is 10.3. The molecule has 0 spiro atoms. The summed E-state index contributed by atoms with van der Waals surface area (Å²) in [7, 11) is 0. The van der Waals surface area contributed by atoms with E-state index in [1.807, 2.05) is 13.8 Å². The number of benzene rings is 1. The van der Waals surface area contributed by atoms with Crippen molar-refractivity contribution in [3.8, 4) is 0 Å². The molecule has 164 valence electrons. The van der Waals surface area contributed by atoms with Gasteiger partial charge in [0.15, 0.2) is 0 Å². The van der Waals surface area contributed by atoms with Gasteiger partial charge in [-0.15, -0.1) is 12.4 Å². The molecule has 3 rings (SSSR count). The zero-order valence-electron chi connectivity index (χ0n) is 17.0. The third-order valence-corrected chi connectivity index (χ3v) is 5.84. The molecule has 0 bridgehead atoms. The maximum atomic E-state index is 13.1.